The fourth-order valence-corrected chi connectivity index (χ4v) is 3.25. The van der Waals surface area contributed by atoms with Gasteiger partial charge in [-0.2, -0.15) is 0 Å². The summed E-state index contributed by atoms with van der Waals surface area (Å²) in [5.74, 6) is 3.35. The predicted molar refractivity (Wildman–Crippen MR) is 101 cm³/mol. The molecule has 1 aromatic carbocycles. The SMILES string of the molecule is CC(C)c1nnc(SCCCOc2ccc(C(C)(C)C)cc2)n1C. The van der Waals surface area contributed by atoms with Crippen LogP contribution in [0, 0.1) is 0 Å². The van der Waals surface area contributed by atoms with Crippen LogP contribution in [0.15, 0.2) is 29.4 Å². The molecule has 0 aliphatic carbocycles. The van der Waals surface area contributed by atoms with Crippen LogP contribution < -0.4 is 4.74 Å². The minimum absolute atomic E-state index is 0.181. The van der Waals surface area contributed by atoms with Crippen LogP contribution >= 0.6 is 11.8 Å². The molecule has 2 aromatic rings. The van der Waals surface area contributed by atoms with Crippen molar-refractivity contribution in [1.82, 2.24) is 14.8 Å². The van der Waals surface area contributed by atoms with E-state index >= 15 is 0 Å². The molecule has 1 heterocycles. The van der Waals surface area contributed by atoms with Crippen LogP contribution in [-0.4, -0.2) is 27.1 Å². The summed E-state index contributed by atoms with van der Waals surface area (Å²) >= 11 is 1.74. The van der Waals surface area contributed by atoms with Gasteiger partial charge in [0.1, 0.15) is 11.6 Å². The van der Waals surface area contributed by atoms with Crippen LogP contribution in [-0.2, 0) is 12.5 Å². The van der Waals surface area contributed by atoms with Crippen molar-refractivity contribution < 1.29 is 4.74 Å². The molecule has 2 rings (SSSR count). The van der Waals surface area contributed by atoms with Crippen molar-refractivity contribution in [2.75, 3.05) is 12.4 Å². The monoisotopic (exact) mass is 347 g/mol. The fourth-order valence-electron chi connectivity index (χ4n) is 2.42. The molecule has 0 radical (unpaired) electrons. The molecule has 0 aliphatic rings. The van der Waals surface area contributed by atoms with Crippen LogP contribution in [0.2, 0.25) is 0 Å². The number of hydrogen-bond donors (Lipinski definition) is 0. The summed E-state index contributed by atoms with van der Waals surface area (Å²) in [5.41, 5.74) is 1.51. The highest BCUT2D eigenvalue weighted by Gasteiger charge is 2.13. The van der Waals surface area contributed by atoms with Gasteiger partial charge >= 0.3 is 0 Å². The molecular weight excluding hydrogens is 318 g/mol. The molecule has 132 valence electrons. The molecule has 0 atom stereocenters. The fraction of sp³-hybridized carbons (Fsp3) is 0.579. The largest absolute Gasteiger partial charge is 0.494 e. The number of nitrogens with zero attached hydrogens (tertiary/aromatic N) is 3. The maximum absolute atomic E-state index is 5.83. The van der Waals surface area contributed by atoms with Crippen molar-refractivity contribution >= 4 is 11.8 Å². The Bertz CT molecular complexity index is 642. The number of aromatic nitrogens is 3. The van der Waals surface area contributed by atoms with Crippen molar-refractivity contribution in [1.29, 1.82) is 0 Å². The molecule has 0 fully saturated rings. The van der Waals surface area contributed by atoms with Gasteiger partial charge in [-0.1, -0.05) is 58.5 Å². The summed E-state index contributed by atoms with van der Waals surface area (Å²) in [6.45, 7) is 11.6. The number of ether oxygens (including phenoxy) is 1. The average Bonchev–Trinajstić information content (AvgIpc) is 2.88. The van der Waals surface area contributed by atoms with Gasteiger partial charge in [-0.05, 0) is 29.5 Å². The summed E-state index contributed by atoms with van der Waals surface area (Å²) in [7, 11) is 2.03. The average molecular weight is 348 g/mol. The zero-order valence-corrected chi connectivity index (χ0v) is 16.5. The third-order valence-corrected chi connectivity index (χ3v) is 5.00. The lowest BCUT2D eigenvalue weighted by atomic mass is 9.87. The summed E-state index contributed by atoms with van der Waals surface area (Å²) in [6.07, 6.45) is 0.982. The van der Waals surface area contributed by atoms with E-state index in [1.54, 1.807) is 11.8 Å². The molecule has 0 spiro atoms. The number of hydrogen-bond acceptors (Lipinski definition) is 4. The summed E-state index contributed by atoms with van der Waals surface area (Å²) in [6, 6.07) is 8.42. The Labute approximate surface area is 150 Å². The van der Waals surface area contributed by atoms with Crippen molar-refractivity contribution in [2.24, 2.45) is 7.05 Å². The molecule has 0 saturated heterocycles. The topological polar surface area (TPSA) is 39.9 Å². The Morgan fingerprint density at radius 2 is 1.79 bits per heavy atom. The molecule has 1 aromatic heterocycles. The van der Waals surface area contributed by atoms with E-state index in [0.29, 0.717) is 5.92 Å². The third kappa shape index (κ3) is 5.00. The van der Waals surface area contributed by atoms with E-state index in [1.165, 1.54) is 5.56 Å². The minimum Gasteiger partial charge on any atom is -0.494 e. The quantitative estimate of drug-likeness (QED) is 0.533. The van der Waals surface area contributed by atoms with Crippen molar-refractivity contribution in [3.8, 4) is 5.75 Å². The minimum atomic E-state index is 0.181. The first-order valence-electron chi connectivity index (χ1n) is 8.54. The Balaban J connectivity index is 1.74. The highest BCUT2D eigenvalue weighted by atomic mass is 32.2. The van der Waals surface area contributed by atoms with E-state index in [1.807, 2.05) is 7.05 Å². The van der Waals surface area contributed by atoms with E-state index < -0.39 is 0 Å². The standard InChI is InChI=1S/C19H29N3OS/c1-14(2)17-20-21-18(22(17)6)24-13-7-12-23-16-10-8-15(9-11-16)19(3,4)5/h8-11,14H,7,12-13H2,1-6H3. The van der Waals surface area contributed by atoms with Crippen LogP contribution in [0.1, 0.15) is 58.3 Å². The number of rotatable bonds is 7. The van der Waals surface area contributed by atoms with Gasteiger partial charge in [0.25, 0.3) is 0 Å². The second-order valence-corrected chi connectivity index (χ2v) is 8.44. The third-order valence-electron chi connectivity index (χ3n) is 3.89. The van der Waals surface area contributed by atoms with E-state index in [2.05, 4.69) is 73.6 Å². The Kier molecular flexibility index (Phi) is 6.33. The Morgan fingerprint density at radius 1 is 1.12 bits per heavy atom. The van der Waals surface area contributed by atoms with Gasteiger partial charge in [0.15, 0.2) is 5.16 Å². The van der Waals surface area contributed by atoms with Gasteiger partial charge in [0.05, 0.1) is 6.61 Å². The molecule has 0 saturated carbocycles. The second-order valence-electron chi connectivity index (χ2n) is 7.38. The van der Waals surface area contributed by atoms with Crippen LogP contribution in [0.3, 0.4) is 0 Å². The van der Waals surface area contributed by atoms with Crippen molar-refractivity contribution in [2.45, 2.75) is 57.5 Å². The van der Waals surface area contributed by atoms with Gasteiger partial charge in [0, 0.05) is 18.7 Å². The van der Waals surface area contributed by atoms with Crippen LogP contribution in [0.5, 0.6) is 5.75 Å². The lowest BCUT2D eigenvalue weighted by Crippen LogP contribution is -2.10. The molecule has 4 nitrogen and oxygen atoms in total. The zero-order valence-electron chi connectivity index (χ0n) is 15.7. The Morgan fingerprint density at radius 3 is 2.33 bits per heavy atom. The van der Waals surface area contributed by atoms with E-state index in [9.17, 15) is 0 Å². The molecule has 0 bridgehead atoms. The molecule has 0 amide bonds. The summed E-state index contributed by atoms with van der Waals surface area (Å²) in [5, 5.41) is 9.49. The number of benzene rings is 1. The molecule has 0 unspecified atom stereocenters. The van der Waals surface area contributed by atoms with E-state index in [4.69, 9.17) is 4.74 Å². The molecule has 0 aliphatic heterocycles. The van der Waals surface area contributed by atoms with Gasteiger partial charge in [0.2, 0.25) is 0 Å². The highest BCUT2D eigenvalue weighted by Crippen LogP contribution is 2.24. The van der Waals surface area contributed by atoms with Gasteiger partial charge < -0.3 is 9.30 Å². The maximum atomic E-state index is 5.83. The lowest BCUT2D eigenvalue weighted by molar-refractivity contribution is 0.318. The van der Waals surface area contributed by atoms with Crippen molar-refractivity contribution in [3.63, 3.8) is 0 Å². The maximum Gasteiger partial charge on any atom is 0.190 e. The van der Waals surface area contributed by atoms with Crippen molar-refractivity contribution in [3.05, 3.63) is 35.7 Å². The zero-order chi connectivity index (χ0) is 17.7. The van der Waals surface area contributed by atoms with Gasteiger partial charge in [-0.3, -0.25) is 0 Å². The molecule has 24 heavy (non-hydrogen) atoms. The number of thioether (sulfide) groups is 1. The van der Waals surface area contributed by atoms with Crippen LogP contribution in [0.25, 0.3) is 0 Å². The molecular formula is C19H29N3OS. The van der Waals surface area contributed by atoms with Gasteiger partial charge in [-0.25, -0.2) is 0 Å². The first-order valence-corrected chi connectivity index (χ1v) is 9.53. The normalized spacial score (nSPS) is 12.0. The van der Waals surface area contributed by atoms with Gasteiger partial charge in [-0.15, -0.1) is 10.2 Å². The first-order chi connectivity index (χ1) is 11.3. The van der Waals surface area contributed by atoms with E-state index in [0.717, 1.165) is 35.5 Å². The molecule has 5 heteroatoms. The highest BCUT2D eigenvalue weighted by molar-refractivity contribution is 7.99. The predicted octanol–water partition coefficient (Wildman–Crippen LogP) is 4.80. The molecule has 0 N–H and O–H groups in total. The summed E-state index contributed by atoms with van der Waals surface area (Å²) < 4.78 is 7.91. The first kappa shape index (κ1) is 18.8. The summed E-state index contributed by atoms with van der Waals surface area (Å²) in [4.78, 5) is 0. The van der Waals surface area contributed by atoms with E-state index in [-0.39, 0.29) is 5.41 Å². The second kappa shape index (κ2) is 8.06. The van der Waals surface area contributed by atoms with Crippen LogP contribution in [0.4, 0.5) is 0 Å². The Hall–Kier alpha value is -1.49. The smallest absolute Gasteiger partial charge is 0.190 e. The lowest BCUT2D eigenvalue weighted by Gasteiger charge is -2.19.